The molecule has 1 saturated carbocycles. The molecule has 1 aliphatic heterocycles. The molecule has 0 N–H and O–H groups in total. The summed E-state index contributed by atoms with van der Waals surface area (Å²) in [5.74, 6) is 0. The van der Waals surface area contributed by atoms with Gasteiger partial charge < -0.3 is 0 Å². The van der Waals surface area contributed by atoms with Crippen molar-refractivity contribution in [2.75, 3.05) is 0 Å². The highest BCUT2D eigenvalue weighted by Gasteiger charge is 2.48. The molecule has 1 aromatic heterocycles. The minimum atomic E-state index is 0.645. The Bertz CT molecular complexity index is 312. The van der Waals surface area contributed by atoms with Gasteiger partial charge in [0.05, 0.1) is 16.4 Å². The monoisotopic (exact) mass is 212 g/mol. The van der Waals surface area contributed by atoms with E-state index in [0.29, 0.717) is 5.41 Å². The Labute approximate surface area is 73.7 Å². The molecule has 0 atom stereocenters. The Kier molecular flexibility index (Phi) is 0.969. The molecule has 2 heterocycles. The zero-order chi connectivity index (χ0) is 7.47. The van der Waals surface area contributed by atoms with E-state index in [1.165, 1.54) is 29.4 Å². The predicted molar refractivity (Wildman–Crippen MR) is 45.3 cm³/mol. The first-order chi connectivity index (χ1) is 5.29. The van der Waals surface area contributed by atoms with Gasteiger partial charge in [0.15, 0.2) is 0 Å². The van der Waals surface area contributed by atoms with Crippen LogP contribution in [-0.4, -0.2) is 9.78 Å². The summed E-state index contributed by atoms with van der Waals surface area (Å²) in [6.45, 7) is 1.16. The minimum Gasteiger partial charge on any atom is -0.268 e. The summed E-state index contributed by atoms with van der Waals surface area (Å²) in [5.41, 5.74) is 2.05. The van der Waals surface area contributed by atoms with Crippen molar-refractivity contribution in [1.82, 2.24) is 9.78 Å². The van der Waals surface area contributed by atoms with E-state index in [2.05, 4.69) is 25.7 Å². The Morgan fingerprint density at radius 2 is 2.36 bits per heavy atom. The molecular weight excluding hydrogens is 204 g/mol. The average molecular weight is 213 g/mol. The Morgan fingerprint density at radius 3 is 3.00 bits per heavy atom. The Hall–Kier alpha value is -0.310. The van der Waals surface area contributed by atoms with Gasteiger partial charge in [-0.3, -0.25) is 4.68 Å². The summed E-state index contributed by atoms with van der Waals surface area (Å²) in [5, 5.41) is 4.30. The molecule has 2 nitrogen and oxygen atoms in total. The van der Waals surface area contributed by atoms with Crippen LogP contribution in [-0.2, 0) is 13.0 Å². The summed E-state index contributed by atoms with van der Waals surface area (Å²) in [4.78, 5) is 0. The van der Waals surface area contributed by atoms with Gasteiger partial charge >= 0.3 is 0 Å². The van der Waals surface area contributed by atoms with Crippen LogP contribution < -0.4 is 0 Å². The predicted octanol–water partition coefficient (Wildman–Crippen LogP) is 1.98. The van der Waals surface area contributed by atoms with Crippen LogP contribution in [0.15, 0.2) is 10.7 Å². The van der Waals surface area contributed by atoms with Crippen molar-refractivity contribution in [3.63, 3.8) is 0 Å². The van der Waals surface area contributed by atoms with Crippen molar-refractivity contribution in [2.24, 2.45) is 5.41 Å². The number of hydrogen-bond acceptors (Lipinski definition) is 1. The number of fused-ring (bicyclic) bond motifs is 1. The molecule has 3 heteroatoms. The van der Waals surface area contributed by atoms with Crippen LogP contribution in [0.1, 0.15) is 18.5 Å². The van der Waals surface area contributed by atoms with Gasteiger partial charge in [-0.05, 0) is 40.6 Å². The van der Waals surface area contributed by atoms with Gasteiger partial charge in [-0.15, -0.1) is 0 Å². The summed E-state index contributed by atoms with van der Waals surface area (Å²) in [6.07, 6.45) is 5.96. The van der Waals surface area contributed by atoms with Crippen molar-refractivity contribution in [3.8, 4) is 0 Å². The fourth-order valence-corrected chi connectivity index (χ4v) is 2.38. The summed E-state index contributed by atoms with van der Waals surface area (Å²) in [6, 6.07) is 0. The number of halogens is 1. The van der Waals surface area contributed by atoms with Crippen LogP contribution in [0.3, 0.4) is 0 Å². The van der Waals surface area contributed by atoms with Gasteiger partial charge in [0.2, 0.25) is 0 Å². The van der Waals surface area contributed by atoms with Gasteiger partial charge in [0, 0.05) is 6.54 Å². The SMILES string of the molecule is Brc1cnn2c1CC1(CC1)C2. The molecule has 1 aliphatic carbocycles. The lowest BCUT2D eigenvalue weighted by atomic mass is 10.1. The van der Waals surface area contributed by atoms with Crippen LogP contribution >= 0.6 is 15.9 Å². The smallest absolute Gasteiger partial charge is 0.0635 e. The first-order valence-corrected chi connectivity index (χ1v) is 4.79. The van der Waals surface area contributed by atoms with E-state index in [9.17, 15) is 0 Å². The number of hydrogen-bond donors (Lipinski definition) is 0. The van der Waals surface area contributed by atoms with E-state index in [1.807, 2.05) is 6.20 Å². The van der Waals surface area contributed by atoms with Crippen molar-refractivity contribution >= 4 is 15.9 Å². The molecule has 0 unspecified atom stereocenters. The lowest BCUT2D eigenvalue weighted by molar-refractivity contribution is 0.471. The lowest BCUT2D eigenvalue weighted by Gasteiger charge is -2.00. The molecule has 1 fully saturated rings. The van der Waals surface area contributed by atoms with E-state index in [0.717, 1.165) is 6.54 Å². The van der Waals surface area contributed by atoms with Crippen LogP contribution in [0.5, 0.6) is 0 Å². The molecule has 58 valence electrons. The second kappa shape index (κ2) is 1.71. The second-order valence-electron chi connectivity index (χ2n) is 3.77. The molecule has 0 bridgehead atoms. The van der Waals surface area contributed by atoms with E-state index >= 15 is 0 Å². The molecule has 3 rings (SSSR count). The summed E-state index contributed by atoms with van der Waals surface area (Å²) >= 11 is 3.51. The van der Waals surface area contributed by atoms with Gasteiger partial charge in [0.25, 0.3) is 0 Å². The van der Waals surface area contributed by atoms with E-state index in [-0.39, 0.29) is 0 Å². The molecule has 2 aliphatic rings. The molecule has 0 amide bonds. The highest BCUT2D eigenvalue weighted by Crippen LogP contribution is 2.53. The summed E-state index contributed by atoms with van der Waals surface area (Å²) < 4.78 is 3.35. The maximum Gasteiger partial charge on any atom is 0.0635 e. The summed E-state index contributed by atoms with van der Waals surface area (Å²) in [7, 11) is 0. The molecular formula is C8H9BrN2. The zero-order valence-electron chi connectivity index (χ0n) is 6.18. The zero-order valence-corrected chi connectivity index (χ0v) is 7.76. The van der Waals surface area contributed by atoms with Crippen LogP contribution in [0, 0.1) is 5.41 Å². The average Bonchev–Trinajstić information content (AvgIpc) is 2.48. The molecule has 0 radical (unpaired) electrons. The first kappa shape index (κ1) is 6.23. The normalized spacial score (nSPS) is 24.1. The third-order valence-electron chi connectivity index (χ3n) is 2.88. The Morgan fingerprint density at radius 1 is 1.55 bits per heavy atom. The largest absolute Gasteiger partial charge is 0.268 e. The fraction of sp³-hybridized carbons (Fsp3) is 0.625. The topological polar surface area (TPSA) is 17.8 Å². The molecule has 1 spiro atoms. The maximum atomic E-state index is 4.30. The van der Waals surface area contributed by atoms with Crippen LogP contribution in [0.25, 0.3) is 0 Å². The molecule has 0 aromatic carbocycles. The van der Waals surface area contributed by atoms with Crippen molar-refractivity contribution < 1.29 is 0 Å². The number of nitrogens with zero attached hydrogens (tertiary/aromatic N) is 2. The van der Waals surface area contributed by atoms with E-state index in [1.54, 1.807) is 0 Å². The maximum absolute atomic E-state index is 4.30. The van der Waals surface area contributed by atoms with E-state index < -0.39 is 0 Å². The van der Waals surface area contributed by atoms with Crippen molar-refractivity contribution in [2.45, 2.75) is 25.8 Å². The first-order valence-electron chi connectivity index (χ1n) is 3.99. The second-order valence-corrected chi connectivity index (χ2v) is 4.63. The standard InChI is InChI=1S/C8H9BrN2/c9-6-4-10-11-5-8(1-2-8)3-7(6)11/h4H,1-3,5H2. The molecule has 1 aromatic rings. The highest BCUT2D eigenvalue weighted by molar-refractivity contribution is 9.10. The van der Waals surface area contributed by atoms with Crippen LogP contribution in [0.2, 0.25) is 0 Å². The van der Waals surface area contributed by atoms with Crippen LogP contribution in [0.4, 0.5) is 0 Å². The quantitative estimate of drug-likeness (QED) is 0.644. The number of aromatic nitrogens is 2. The fourth-order valence-electron chi connectivity index (χ4n) is 1.94. The third-order valence-corrected chi connectivity index (χ3v) is 3.54. The lowest BCUT2D eigenvalue weighted by Crippen LogP contribution is -2.02. The van der Waals surface area contributed by atoms with Gasteiger partial charge in [-0.2, -0.15) is 5.10 Å². The third kappa shape index (κ3) is 0.747. The number of rotatable bonds is 0. The van der Waals surface area contributed by atoms with Gasteiger partial charge in [0.1, 0.15) is 0 Å². The van der Waals surface area contributed by atoms with Crippen molar-refractivity contribution in [3.05, 3.63) is 16.4 Å². The van der Waals surface area contributed by atoms with Gasteiger partial charge in [-0.1, -0.05) is 0 Å². The highest BCUT2D eigenvalue weighted by atomic mass is 79.9. The van der Waals surface area contributed by atoms with E-state index in [4.69, 9.17) is 0 Å². The van der Waals surface area contributed by atoms with Crippen molar-refractivity contribution in [1.29, 1.82) is 0 Å². The van der Waals surface area contributed by atoms with Gasteiger partial charge in [-0.25, -0.2) is 0 Å². The molecule has 11 heavy (non-hydrogen) atoms. The molecule has 0 saturated heterocycles. The minimum absolute atomic E-state index is 0.645. The Balaban J connectivity index is 2.09.